The molecule has 31 heavy (non-hydrogen) atoms. The van der Waals surface area contributed by atoms with Crippen molar-refractivity contribution in [1.29, 1.82) is 0 Å². The normalized spacial score (nSPS) is 10.8. The molecule has 7 nitrogen and oxygen atoms in total. The zero-order valence-electron chi connectivity index (χ0n) is 17.2. The van der Waals surface area contributed by atoms with Crippen molar-refractivity contribution in [2.24, 2.45) is 0 Å². The molecule has 0 aliphatic heterocycles. The summed E-state index contributed by atoms with van der Waals surface area (Å²) in [6, 6.07) is 14.8. The van der Waals surface area contributed by atoms with E-state index in [1.807, 2.05) is 40.2 Å². The lowest BCUT2D eigenvalue weighted by molar-refractivity contribution is -0.116. The Balaban J connectivity index is 1.38. The number of carbonyl (C=O) groups is 2. The monoisotopic (exact) mass is 434 g/mol. The van der Waals surface area contributed by atoms with Crippen LogP contribution in [0, 0.1) is 0 Å². The number of nitrogens with one attached hydrogen (secondary N) is 2. The van der Waals surface area contributed by atoms with Crippen molar-refractivity contribution in [3.8, 4) is 17.0 Å². The molecule has 158 valence electrons. The zero-order valence-corrected chi connectivity index (χ0v) is 18.0. The summed E-state index contributed by atoms with van der Waals surface area (Å²) in [5.74, 6) is 0.608. The van der Waals surface area contributed by atoms with Gasteiger partial charge in [0.15, 0.2) is 4.96 Å². The van der Waals surface area contributed by atoms with Gasteiger partial charge in [-0.05, 0) is 55.0 Å². The van der Waals surface area contributed by atoms with Gasteiger partial charge >= 0.3 is 0 Å². The predicted molar refractivity (Wildman–Crippen MR) is 123 cm³/mol. The van der Waals surface area contributed by atoms with Crippen molar-refractivity contribution in [3.63, 3.8) is 0 Å². The Hall–Kier alpha value is -3.65. The number of imidazole rings is 1. The van der Waals surface area contributed by atoms with Crippen molar-refractivity contribution in [1.82, 2.24) is 9.38 Å². The van der Waals surface area contributed by atoms with Crippen molar-refractivity contribution < 1.29 is 14.3 Å². The van der Waals surface area contributed by atoms with E-state index in [-0.39, 0.29) is 11.8 Å². The predicted octanol–water partition coefficient (Wildman–Crippen LogP) is 4.60. The third-order valence-electron chi connectivity index (χ3n) is 4.77. The van der Waals surface area contributed by atoms with Crippen LogP contribution in [0.5, 0.6) is 5.75 Å². The van der Waals surface area contributed by atoms with E-state index < -0.39 is 0 Å². The smallest absolute Gasteiger partial charge is 0.224 e. The maximum absolute atomic E-state index is 12.4. The molecule has 4 rings (SSSR count). The summed E-state index contributed by atoms with van der Waals surface area (Å²) < 4.78 is 7.25. The van der Waals surface area contributed by atoms with Crippen molar-refractivity contribution in [2.75, 3.05) is 17.7 Å². The molecular weight excluding hydrogens is 412 g/mol. The first kappa shape index (κ1) is 20.6. The van der Waals surface area contributed by atoms with Crippen LogP contribution >= 0.6 is 11.3 Å². The minimum absolute atomic E-state index is 0.0675. The highest BCUT2D eigenvalue weighted by Gasteiger charge is 2.12. The number of amides is 2. The number of aryl methyl sites for hydroxylation is 1. The number of rotatable bonds is 7. The molecule has 0 radical (unpaired) electrons. The number of thiazole rings is 1. The highest BCUT2D eigenvalue weighted by Crippen LogP contribution is 2.26. The summed E-state index contributed by atoms with van der Waals surface area (Å²) in [7, 11) is 1.64. The number of hydrogen-bond donors (Lipinski definition) is 2. The number of ether oxygens (including phenoxy) is 1. The second kappa shape index (κ2) is 9.01. The molecule has 8 heteroatoms. The third kappa shape index (κ3) is 4.92. The Kier molecular flexibility index (Phi) is 5.99. The van der Waals surface area contributed by atoms with Crippen molar-refractivity contribution in [3.05, 3.63) is 65.8 Å². The first-order valence-corrected chi connectivity index (χ1v) is 10.7. The number of nitrogens with zero attached hydrogens (tertiary/aromatic N) is 2. The Morgan fingerprint density at radius 3 is 2.35 bits per heavy atom. The molecule has 0 atom stereocenters. The van der Waals surface area contributed by atoms with Crippen molar-refractivity contribution in [2.45, 2.75) is 19.8 Å². The SMILES string of the molecule is COc1ccc(-c2cn3c(CCC(=O)Nc4ccc(NC(C)=O)cc4)csc3n2)cc1. The van der Waals surface area contributed by atoms with E-state index in [0.717, 1.165) is 27.7 Å². The fourth-order valence-corrected chi connectivity index (χ4v) is 4.12. The third-order valence-corrected chi connectivity index (χ3v) is 5.66. The van der Waals surface area contributed by atoms with Gasteiger partial charge in [0, 0.05) is 47.6 Å². The van der Waals surface area contributed by atoms with E-state index in [9.17, 15) is 9.59 Å². The maximum Gasteiger partial charge on any atom is 0.224 e. The topological polar surface area (TPSA) is 84.7 Å². The van der Waals surface area contributed by atoms with Crippen LogP contribution in [-0.2, 0) is 16.0 Å². The maximum atomic E-state index is 12.4. The van der Waals surface area contributed by atoms with Crippen LogP contribution in [0.1, 0.15) is 19.0 Å². The van der Waals surface area contributed by atoms with Gasteiger partial charge < -0.3 is 15.4 Å². The molecule has 2 heterocycles. The zero-order chi connectivity index (χ0) is 21.8. The van der Waals surface area contributed by atoms with Gasteiger partial charge in [-0.25, -0.2) is 4.98 Å². The Morgan fingerprint density at radius 1 is 1.03 bits per heavy atom. The van der Waals surface area contributed by atoms with Gasteiger partial charge in [0.1, 0.15) is 5.75 Å². The first-order chi connectivity index (χ1) is 15.0. The van der Waals surface area contributed by atoms with Crippen molar-refractivity contribution >= 4 is 39.5 Å². The summed E-state index contributed by atoms with van der Waals surface area (Å²) in [6.07, 6.45) is 2.96. The fraction of sp³-hybridized carbons (Fsp3) is 0.174. The molecule has 0 bridgehead atoms. The van der Waals surface area contributed by atoms with Gasteiger partial charge in [0.05, 0.1) is 12.8 Å². The van der Waals surface area contributed by atoms with Gasteiger partial charge in [0.2, 0.25) is 11.8 Å². The van der Waals surface area contributed by atoms with E-state index in [1.165, 1.54) is 6.92 Å². The number of methoxy groups -OCH3 is 1. The van der Waals surface area contributed by atoms with Crippen LogP contribution < -0.4 is 15.4 Å². The number of anilines is 2. The number of benzene rings is 2. The van der Waals surface area contributed by atoms with Crippen LogP contribution in [0.15, 0.2) is 60.1 Å². The highest BCUT2D eigenvalue weighted by atomic mass is 32.1. The summed E-state index contributed by atoms with van der Waals surface area (Å²) in [5, 5.41) is 7.63. The number of aromatic nitrogens is 2. The number of hydrogen-bond acceptors (Lipinski definition) is 5. The average Bonchev–Trinajstić information content (AvgIpc) is 3.34. The Bertz CT molecular complexity index is 1210. The van der Waals surface area contributed by atoms with Crippen LogP contribution in [0.3, 0.4) is 0 Å². The van der Waals surface area contributed by atoms with E-state index in [4.69, 9.17) is 9.72 Å². The molecule has 0 aliphatic carbocycles. The molecule has 0 fully saturated rings. The van der Waals surface area contributed by atoms with Gasteiger partial charge in [-0.15, -0.1) is 11.3 Å². The quantitative estimate of drug-likeness (QED) is 0.445. The van der Waals surface area contributed by atoms with Crippen LogP contribution in [0.4, 0.5) is 11.4 Å². The Morgan fingerprint density at radius 2 is 1.71 bits per heavy atom. The van der Waals surface area contributed by atoms with E-state index in [1.54, 1.807) is 42.7 Å². The van der Waals surface area contributed by atoms with Gasteiger partial charge in [-0.2, -0.15) is 0 Å². The molecule has 4 aromatic rings. The molecule has 2 aromatic carbocycles. The average molecular weight is 435 g/mol. The second-order valence-corrected chi connectivity index (χ2v) is 7.88. The fourth-order valence-electron chi connectivity index (χ4n) is 3.22. The highest BCUT2D eigenvalue weighted by molar-refractivity contribution is 7.15. The van der Waals surface area contributed by atoms with Crippen LogP contribution in [0.25, 0.3) is 16.2 Å². The number of carbonyl (C=O) groups excluding carboxylic acids is 2. The number of fused-ring (bicyclic) bond motifs is 1. The first-order valence-electron chi connectivity index (χ1n) is 9.79. The molecule has 0 spiro atoms. The Labute approximate surface area is 183 Å². The van der Waals surface area contributed by atoms with Gasteiger partial charge in [-0.1, -0.05) is 0 Å². The molecule has 2 N–H and O–H groups in total. The van der Waals surface area contributed by atoms with E-state index in [0.29, 0.717) is 24.2 Å². The summed E-state index contributed by atoms with van der Waals surface area (Å²) >= 11 is 1.56. The molecule has 2 amide bonds. The summed E-state index contributed by atoms with van der Waals surface area (Å²) in [5.41, 5.74) is 4.34. The molecule has 2 aromatic heterocycles. The molecule has 0 aliphatic rings. The standard InChI is InChI=1S/C23H22N4O3S/c1-15(28)24-17-5-7-18(8-6-17)25-22(29)12-9-19-14-31-23-26-21(13-27(19)23)16-3-10-20(30-2)11-4-16/h3-8,10-11,13-14H,9,12H2,1-2H3,(H,24,28)(H,25,29). The lowest BCUT2D eigenvalue weighted by Crippen LogP contribution is -2.13. The molecular formula is C23H22N4O3S. The second-order valence-electron chi connectivity index (χ2n) is 7.04. The summed E-state index contributed by atoms with van der Waals surface area (Å²) in [6.45, 7) is 1.46. The molecule has 0 saturated heterocycles. The molecule has 0 saturated carbocycles. The molecule has 0 unspecified atom stereocenters. The van der Waals surface area contributed by atoms with E-state index >= 15 is 0 Å². The lowest BCUT2D eigenvalue weighted by atomic mass is 10.1. The minimum Gasteiger partial charge on any atom is -0.497 e. The largest absolute Gasteiger partial charge is 0.497 e. The van der Waals surface area contributed by atoms with Gasteiger partial charge in [-0.3, -0.25) is 14.0 Å². The van der Waals surface area contributed by atoms with Crippen LogP contribution in [0.2, 0.25) is 0 Å². The minimum atomic E-state index is -0.131. The lowest BCUT2D eigenvalue weighted by Gasteiger charge is -2.07. The van der Waals surface area contributed by atoms with Gasteiger partial charge in [0.25, 0.3) is 0 Å². The van der Waals surface area contributed by atoms with Crippen LogP contribution in [-0.4, -0.2) is 28.3 Å². The summed E-state index contributed by atoms with van der Waals surface area (Å²) in [4.78, 5) is 29.1. The van der Waals surface area contributed by atoms with E-state index in [2.05, 4.69) is 10.6 Å².